The van der Waals surface area contributed by atoms with Crippen molar-refractivity contribution in [2.24, 2.45) is 5.92 Å². The van der Waals surface area contributed by atoms with Gasteiger partial charge >= 0.3 is 0 Å². The van der Waals surface area contributed by atoms with Gasteiger partial charge < -0.3 is 19.2 Å². The maximum atomic E-state index is 15.4. The van der Waals surface area contributed by atoms with Gasteiger partial charge in [0.2, 0.25) is 0 Å². The van der Waals surface area contributed by atoms with Crippen LogP contribution in [-0.2, 0) is 9.47 Å². The van der Waals surface area contributed by atoms with E-state index in [1.807, 2.05) is 42.5 Å². The molecule has 2 saturated heterocycles. The highest BCUT2D eigenvalue weighted by atomic mass is 19.1. The summed E-state index contributed by atoms with van der Waals surface area (Å²) in [7, 11) is 0. The second-order valence-electron chi connectivity index (χ2n) is 8.66. The normalized spacial score (nSPS) is 24.3. The molecule has 0 spiro atoms. The largest absolute Gasteiger partial charge is 0.456 e. The molecule has 1 N–H and O–H groups in total. The lowest BCUT2D eigenvalue weighted by molar-refractivity contribution is 0.0262. The van der Waals surface area contributed by atoms with E-state index in [2.05, 4.69) is 16.9 Å². The molecule has 0 aliphatic carbocycles. The third kappa shape index (κ3) is 3.48. The molecule has 168 valence electrons. The van der Waals surface area contributed by atoms with Crippen molar-refractivity contribution in [2.45, 2.75) is 25.2 Å². The number of hydrogen-bond acceptors (Lipinski definition) is 4. The smallest absolute Gasteiger partial charge is 0.295 e. The van der Waals surface area contributed by atoms with Gasteiger partial charge in [-0.15, -0.1) is 0 Å². The van der Waals surface area contributed by atoms with Gasteiger partial charge in [-0.05, 0) is 16.7 Å². The lowest BCUT2D eigenvalue weighted by Crippen LogP contribution is -2.33. The Balaban J connectivity index is 1.30. The summed E-state index contributed by atoms with van der Waals surface area (Å²) >= 11 is 0. The number of nitrogens with one attached hydrogen (secondary N) is 1. The predicted octanol–water partition coefficient (Wildman–Crippen LogP) is 5.36. The molecular formula is C26H22F2N2O3. The SMILES string of the molecule is C[C@@H]1CO[C@H]2[C@@H]1OC[C@H]2Oc1nc2c(F)c(-c3ccc(-c4ccccc4)cc3)c(F)cc2[nH]1. The standard InChI is InChI=1S/C26H22F2N2O3/c1-14-12-31-25-20(13-32-24(14)25)33-26-29-19-11-18(27)21(22(28)23(19)30-26)17-9-7-16(8-10-17)15-5-3-2-4-6-15/h2-11,14,20,24-25H,12-13H2,1H3,(H,29,30)/t14-,20-,24-,25-/m1/s1. The van der Waals surface area contributed by atoms with E-state index >= 15 is 4.39 Å². The number of H-pyrrole nitrogens is 1. The number of fused-ring (bicyclic) bond motifs is 2. The number of rotatable bonds is 4. The molecule has 2 fully saturated rings. The Kier molecular flexibility index (Phi) is 4.89. The lowest BCUT2D eigenvalue weighted by atomic mass is 9.99. The van der Waals surface area contributed by atoms with Gasteiger partial charge in [-0.2, -0.15) is 4.98 Å². The molecule has 7 heteroatoms. The number of nitrogens with zero attached hydrogens (tertiary/aromatic N) is 1. The summed E-state index contributed by atoms with van der Waals surface area (Å²) in [5.41, 5.74) is 2.60. The van der Waals surface area contributed by atoms with Gasteiger partial charge in [-0.3, -0.25) is 0 Å². The highest BCUT2D eigenvalue weighted by Crippen LogP contribution is 2.35. The Bertz CT molecular complexity index is 1310. The Morgan fingerprint density at radius 2 is 1.61 bits per heavy atom. The summed E-state index contributed by atoms with van der Waals surface area (Å²) < 4.78 is 47.8. The molecule has 0 unspecified atom stereocenters. The van der Waals surface area contributed by atoms with Crippen LogP contribution in [0.5, 0.6) is 6.01 Å². The fraction of sp³-hybridized carbons (Fsp3) is 0.269. The fourth-order valence-corrected chi connectivity index (χ4v) is 4.74. The van der Waals surface area contributed by atoms with Gasteiger partial charge in [0.1, 0.15) is 17.4 Å². The van der Waals surface area contributed by atoms with Crippen molar-refractivity contribution in [3.63, 3.8) is 0 Å². The molecule has 0 bridgehead atoms. The van der Waals surface area contributed by atoms with Crippen LogP contribution in [0.4, 0.5) is 8.78 Å². The number of aromatic amines is 1. The summed E-state index contributed by atoms with van der Waals surface area (Å²) in [4.78, 5) is 7.15. The van der Waals surface area contributed by atoms with E-state index in [0.29, 0.717) is 24.7 Å². The minimum absolute atomic E-state index is 0.0148. The van der Waals surface area contributed by atoms with Crippen molar-refractivity contribution >= 4 is 11.0 Å². The number of hydrogen-bond donors (Lipinski definition) is 1. The van der Waals surface area contributed by atoms with Crippen molar-refractivity contribution in [3.05, 3.63) is 72.3 Å². The van der Waals surface area contributed by atoms with E-state index < -0.39 is 11.6 Å². The molecule has 3 aromatic carbocycles. The van der Waals surface area contributed by atoms with Gasteiger partial charge in [-0.1, -0.05) is 61.5 Å². The molecule has 2 aliphatic heterocycles. The van der Waals surface area contributed by atoms with Crippen molar-refractivity contribution < 1.29 is 23.0 Å². The maximum absolute atomic E-state index is 15.4. The Hall–Kier alpha value is -3.29. The molecule has 4 atom stereocenters. The van der Waals surface area contributed by atoms with Gasteiger partial charge in [0.25, 0.3) is 6.01 Å². The number of benzene rings is 3. The number of ether oxygens (including phenoxy) is 3. The quantitative estimate of drug-likeness (QED) is 0.457. The summed E-state index contributed by atoms with van der Waals surface area (Å²) in [5, 5.41) is 0. The van der Waals surface area contributed by atoms with Crippen LogP contribution >= 0.6 is 0 Å². The third-order valence-electron chi connectivity index (χ3n) is 6.45. The van der Waals surface area contributed by atoms with Crippen LogP contribution in [0.3, 0.4) is 0 Å². The van der Waals surface area contributed by atoms with Crippen LogP contribution in [-0.4, -0.2) is 41.5 Å². The number of aromatic nitrogens is 2. The summed E-state index contributed by atoms with van der Waals surface area (Å²) in [6.07, 6.45) is -0.550. The molecule has 5 nitrogen and oxygen atoms in total. The minimum atomic E-state index is -0.727. The molecule has 0 saturated carbocycles. The minimum Gasteiger partial charge on any atom is -0.456 e. The highest BCUT2D eigenvalue weighted by Gasteiger charge is 2.47. The molecule has 0 amide bonds. The molecule has 1 aromatic heterocycles. The van der Waals surface area contributed by atoms with E-state index in [-0.39, 0.29) is 40.9 Å². The predicted molar refractivity (Wildman–Crippen MR) is 120 cm³/mol. The van der Waals surface area contributed by atoms with Crippen LogP contribution in [0.1, 0.15) is 6.92 Å². The van der Waals surface area contributed by atoms with Crippen molar-refractivity contribution in [1.82, 2.24) is 9.97 Å². The zero-order valence-electron chi connectivity index (χ0n) is 17.9. The van der Waals surface area contributed by atoms with E-state index in [1.54, 1.807) is 12.1 Å². The molecular weight excluding hydrogens is 426 g/mol. The average Bonchev–Trinajstić information content (AvgIpc) is 3.52. The maximum Gasteiger partial charge on any atom is 0.295 e. The van der Waals surface area contributed by atoms with Gasteiger partial charge in [0, 0.05) is 12.0 Å². The van der Waals surface area contributed by atoms with E-state index in [0.717, 1.165) is 11.1 Å². The van der Waals surface area contributed by atoms with Crippen molar-refractivity contribution in [1.29, 1.82) is 0 Å². The van der Waals surface area contributed by atoms with Crippen molar-refractivity contribution in [2.75, 3.05) is 13.2 Å². The van der Waals surface area contributed by atoms with Crippen LogP contribution < -0.4 is 4.74 Å². The van der Waals surface area contributed by atoms with Gasteiger partial charge in [0.15, 0.2) is 11.9 Å². The lowest BCUT2D eigenvalue weighted by Gasteiger charge is -2.15. The van der Waals surface area contributed by atoms with Crippen LogP contribution in [0.2, 0.25) is 0 Å². The van der Waals surface area contributed by atoms with Gasteiger partial charge in [0.05, 0.1) is 30.4 Å². The molecule has 6 rings (SSSR count). The molecule has 3 heterocycles. The zero-order chi connectivity index (χ0) is 22.5. The Morgan fingerprint density at radius 3 is 2.39 bits per heavy atom. The van der Waals surface area contributed by atoms with E-state index in [1.165, 1.54) is 6.07 Å². The fourth-order valence-electron chi connectivity index (χ4n) is 4.74. The first-order chi connectivity index (χ1) is 16.1. The first-order valence-electron chi connectivity index (χ1n) is 11.0. The average molecular weight is 448 g/mol. The Morgan fingerprint density at radius 1 is 0.909 bits per heavy atom. The Labute approximate surface area is 189 Å². The zero-order valence-corrected chi connectivity index (χ0v) is 17.9. The molecule has 2 aliphatic rings. The molecule has 4 aromatic rings. The van der Waals surface area contributed by atoms with Crippen LogP contribution in [0.25, 0.3) is 33.3 Å². The topological polar surface area (TPSA) is 56.4 Å². The highest BCUT2D eigenvalue weighted by molar-refractivity contribution is 5.84. The summed E-state index contributed by atoms with van der Waals surface area (Å²) in [6, 6.07) is 18.3. The second kappa shape index (κ2) is 7.93. The first kappa shape index (κ1) is 20.3. The number of halogens is 2. The van der Waals surface area contributed by atoms with E-state index in [4.69, 9.17) is 14.2 Å². The second-order valence-corrected chi connectivity index (χ2v) is 8.66. The van der Waals surface area contributed by atoms with Gasteiger partial charge in [-0.25, -0.2) is 8.78 Å². The van der Waals surface area contributed by atoms with Crippen molar-refractivity contribution in [3.8, 4) is 28.3 Å². The summed E-state index contributed by atoms with van der Waals surface area (Å²) in [6.45, 7) is 3.05. The third-order valence-corrected chi connectivity index (χ3v) is 6.45. The molecule has 0 radical (unpaired) electrons. The van der Waals surface area contributed by atoms with Crippen LogP contribution in [0, 0.1) is 17.6 Å². The first-order valence-corrected chi connectivity index (χ1v) is 11.0. The summed E-state index contributed by atoms with van der Waals surface area (Å²) in [5.74, 6) is -1.10. The van der Waals surface area contributed by atoms with E-state index in [9.17, 15) is 4.39 Å². The molecule has 33 heavy (non-hydrogen) atoms. The van der Waals surface area contributed by atoms with Crippen LogP contribution in [0.15, 0.2) is 60.7 Å². The monoisotopic (exact) mass is 448 g/mol. The number of imidazole rings is 1.